The Morgan fingerprint density at radius 1 is 1.36 bits per heavy atom. The van der Waals surface area contributed by atoms with Crippen LogP contribution in [0.2, 0.25) is 5.02 Å². The zero-order valence-electron chi connectivity index (χ0n) is 11.1. The number of carbonyl (C=O) groups excluding carboxylic acids is 1. The summed E-state index contributed by atoms with van der Waals surface area (Å²) < 4.78 is 6.17. The van der Waals surface area contributed by atoms with E-state index in [9.17, 15) is 9.59 Å². The number of fused-ring (bicyclic) bond motifs is 1. The van der Waals surface area contributed by atoms with Gasteiger partial charge in [0.05, 0.1) is 5.39 Å². The number of hydrogen-bond donors (Lipinski definition) is 1. The highest BCUT2D eigenvalue weighted by Crippen LogP contribution is 2.24. The molecule has 1 amide bonds. The molecule has 3 rings (SSSR count). The molecule has 0 unspecified atom stereocenters. The van der Waals surface area contributed by atoms with Crippen molar-refractivity contribution in [1.29, 1.82) is 0 Å². The van der Waals surface area contributed by atoms with E-state index in [1.165, 1.54) is 29.2 Å². The molecule has 0 aliphatic heterocycles. The number of anilines is 1. The number of carbonyl (C=O) groups is 1. The Labute approximate surface area is 137 Å². The number of nitrogens with zero attached hydrogens (tertiary/aromatic N) is 2. The minimum absolute atomic E-state index is 0.0966. The molecule has 0 bridgehead atoms. The lowest BCUT2D eigenvalue weighted by molar-refractivity contribution is 0.0997. The van der Waals surface area contributed by atoms with Gasteiger partial charge >= 0.3 is 0 Å². The highest BCUT2D eigenvalue weighted by Gasteiger charge is 2.15. The van der Waals surface area contributed by atoms with Gasteiger partial charge in [-0.3, -0.25) is 14.9 Å². The van der Waals surface area contributed by atoms with Crippen molar-refractivity contribution in [3.05, 3.63) is 45.3 Å². The Balaban J connectivity index is 1.94. The maximum atomic E-state index is 12.1. The fourth-order valence-electron chi connectivity index (χ4n) is 1.74. The summed E-state index contributed by atoms with van der Waals surface area (Å²) >= 11 is 8.50. The van der Waals surface area contributed by atoms with Crippen LogP contribution in [0.4, 0.5) is 5.13 Å². The second-order valence-electron chi connectivity index (χ2n) is 4.15. The number of nitrogens with one attached hydrogen (secondary N) is 1. The molecule has 0 aliphatic rings. The number of hydrogen-bond acceptors (Lipinski definition) is 7. The van der Waals surface area contributed by atoms with Gasteiger partial charge in [0, 0.05) is 11.1 Å². The van der Waals surface area contributed by atoms with Crippen LogP contribution in [-0.2, 0) is 0 Å². The van der Waals surface area contributed by atoms with Crippen LogP contribution in [0.1, 0.15) is 10.6 Å². The maximum absolute atomic E-state index is 12.1. The quantitative estimate of drug-likeness (QED) is 0.574. The van der Waals surface area contributed by atoms with Crippen LogP contribution in [0.15, 0.2) is 37.8 Å². The van der Waals surface area contributed by atoms with Crippen molar-refractivity contribution in [1.82, 2.24) is 10.2 Å². The third kappa shape index (κ3) is 2.99. The third-order valence-corrected chi connectivity index (χ3v) is 4.76. The Kier molecular flexibility index (Phi) is 4.14. The van der Waals surface area contributed by atoms with Crippen LogP contribution in [-0.4, -0.2) is 22.4 Å². The average molecular weight is 354 g/mol. The zero-order valence-corrected chi connectivity index (χ0v) is 13.5. The van der Waals surface area contributed by atoms with E-state index in [1.54, 1.807) is 12.1 Å². The first-order valence-electron chi connectivity index (χ1n) is 5.99. The third-order valence-electron chi connectivity index (χ3n) is 2.71. The topological polar surface area (TPSA) is 85.1 Å². The Morgan fingerprint density at radius 3 is 2.91 bits per heavy atom. The van der Waals surface area contributed by atoms with Gasteiger partial charge in [-0.15, -0.1) is 10.2 Å². The molecule has 112 valence electrons. The van der Waals surface area contributed by atoms with Gasteiger partial charge in [0.25, 0.3) is 5.91 Å². The smallest absolute Gasteiger partial charge is 0.293 e. The normalized spacial score (nSPS) is 10.8. The summed E-state index contributed by atoms with van der Waals surface area (Å²) in [5.41, 5.74) is -0.0416. The number of aromatic nitrogens is 2. The van der Waals surface area contributed by atoms with Crippen molar-refractivity contribution in [3.8, 4) is 0 Å². The molecule has 2 aromatic heterocycles. The van der Waals surface area contributed by atoms with Crippen LogP contribution >= 0.6 is 34.7 Å². The van der Waals surface area contributed by atoms with Crippen LogP contribution in [0.5, 0.6) is 0 Å². The molecule has 6 nitrogen and oxygen atoms in total. The lowest BCUT2D eigenvalue weighted by atomic mass is 10.2. The van der Waals surface area contributed by atoms with Crippen LogP contribution < -0.4 is 10.7 Å². The Morgan fingerprint density at radius 2 is 2.18 bits per heavy atom. The largest absolute Gasteiger partial charge is 0.451 e. The van der Waals surface area contributed by atoms with E-state index < -0.39 is 5.91 Å². The molecule has 9 heteroatoms. The van der Waals surface area contributed by atoms with Crippen molar-refractivity contribution in [2.75, 3.05) is 11.6 Å². The van der Waals surface area contributed by atoms with Crippen molar-refractivity contribution >= 4 is 56.7 Å². The van der Waals surface area contributed by atoms with Gasteiger partial charge in [0.15, 0.2) is 15.5 Å². The predicted molar refractivity (Wildman–Crippen MR) is 87.1 cm³/mol. The zero-order chi connectivity index (χ0) is 15.7. The van der Waals surface area contributed by atoms with Gasteiger partial charge < -0.3 is 4.42 Å². The summed E-state index contributed by atoms with van der Waals surface area (Å²) in [7, 11) is 0. The molecule has 0 spiro atoms. The number of halogens is 1. The molecular formula is C13H8ClN3O3S2. The standard InChI is InChI=1S/C13H8ClN3O3S2/c1-21-13-17-16-12(22-13)15-11(19)10-5-8(18)7-4-6(14)2-3-9(7)20-10/h2-5H,1H3,(H,15,16,19). The highest BCUT2D eigenvalue weighted by atomic mass is 35.5. The van der Waals surface area contributed by atoms with Gasteiger partial charge in [-0.05, 0) is 24.5 Å². The fraction of sp³-hybridized carbons (Fsp3) is 0.0769. The maximum Gasteiger partial charge on any atom is 0.293 e. The lowest BCUT2D eigenvalue weighted by Crippen LogP contribution is -2.14. The molecule has 0 atom stereocenters. The molecule has 2 heterocycles. The molecule has 1 N–H and O–H groups in total. The minimum Gasteiger partial charge on any atom is -0.451 e. The summed E-state index contributed by atoms with van der Waals surface area (Å²) in [6, 6.07) is 5.76. The van der Waals surface area contributed by atoms with E-state index in [1.807, 2.05) is 6.26 Å². The SMILES string of the molecule is CSc1nnc(NC(=O)c2cc(=O)c3cc(Cl)ccc3o2)s1. The van der Waals surface area contributed by atoms with Crippen molar-refractivity contribution in [2.45, 2.75) is 4.34 Å². The first-order chi connectivity index (χ1) is 10.6. The van der Waals surface area contributed by atoms with E-state index in [0.717, 1.165) is 10.4 Å². The van der Waals surface area contributed by atoms with Gasteiger partial charge in [-0.2, -0.15) is 0 Å². The molecule has 0 radical (unpaired) electrons. The first-order valence-corrected chi connectivity index (χ1v) is 8.41. The predicted octanol–water partition coefficient (Wildman–Crippen LogP) is 3.27. The van der Waals surface area contributed by atoms with Crippen LogP contribution in [0.25, 0.3) is 11.0 Å². The number of amides is 1. The van der Waals surface area contributed by atoms with E-state index in [4.69, 9.17) is 16.0 Å². The Bertz CT molecular complexity index is 922. The number of benzene rings is 1. The first kappa shape index (κ1) is 15.0. The van der Waals surface area contributed by atoms with Crippen molar-refractivity contribution < 1.29 is 9.21 Å². The van der Waals surface area contributed by atoms with Crippen molar-refractivity contribution in [2.24, 2.45) is 0 Å². The summed E-state index contributed by atoms with van der Waals surface area (Å²) in [4.78, 5) is 24.2. The number of thioether (sulfide) groups is 1. The van der Waals surface area contributed by atoms with Gasteiger partial charge in [0.1, 0.15) is 5.58 Å². The monoisotopic (exact) mass is 353 g/mol. The van der Waals surface area contributed by atoms with Crippen LogP contribution in [0.3, 0.4) is 0 Å². The highest BCUT2D eigenvalue weighted by molar-refractivity contribution is 8.00. The van der Waals surface area contributed by atoms with Gasteiger partial charge in [-0.25, -0.2) is 0 Å². The second-order valence-corrected chi connectivity index (χ2v) is 6.61. The minimum atomic E-state index is -0.558. The molecule has 0 saturated carbocycles. The molecule has 0 fully saturated rings. The summed E-state index contributed by atoms with van der Waals surface area (Å²) in [5.74, 6) is -0.654. The fourth-order valence-corrected chi connectivity index (χ4v) is 3.08. The van der Waals surface area contributed by atoms with E-state index in [-0.39, 0.29) is 11.2 Å². The molecule has 3 aromatic rings. The summed E-state index contributed by atoms with van der Waals surface area (Å²) in [6.45, 7) is 0. The molecule has 0 saturated heterocycles. The molecule has 22 heavy (non-hydrogen) atoms. The Hall–Kier alpha value is -1.90. The van der Waals surface area contributed by atoms with E-state index >= 15 is 0 Å². The van der Waals surface area contributed by atoms with E-state index in [2.05, 4.69) is 15.5 Å². The van der Waals surface area contributed by atoms with Crippen LogP contribution in [0, 0.1) is 0 Å². The van der Waals surface area contributed by atoms with Gasteiger partial charge in [-0.1, -0.05) is 34.7 Å². The lowest BCUT2D eigenvalue weighted by Gasteiger charge is -2.02. The molecule has 0 aliphatic carbocycles. The van der Waals surface area contributed by atoms with Gasteiger partial charge in [0.2, 0.25) is 5.13 Å². The summed E-state index contributed by atoms with van der Waals surface area (Å²) in [5, 5.41) is 11.3. The second kappa shape index (κ2) is 6.07. The number of rotatable bonds is 3. The molecule has 1 aromatic carbocycles. The average Bonchev–Trinajstić information content (AvgIpc) is 2.95. The summed E-state index contributed by atoms with van der Waals surface area (Å²) in [6.07, 6.45) is 1.86. The van der Waals surface area contributed by atoms with Crippen molar-refractivity contribution in [3.63, 3.8) is 0 Å². The van der Waals surface area contributed by atoms with E-state index in [0.29, 0.717) is 21.1 Å². The molecular weight excluding hydrogens is 346 g/mol.